The zero-order chi connectivity index (χ0) is 20.3. The van der Waals surface area contributed by atoms with E-state index in [2.05, 4.69) is 10.7 Å². The van der Waals surface area contributed by atoms with Crippen LogP contribution in [-0.2, 0) is 9.59 Å². The number of nitrogens with zero attached hydrogens (tertiary/aromatic N) is 1. The molecule has 0 aromatic heterocycles. The summed E-state index contributed by atoms with van der Waals surface area (Å²) in [5.74, 6) is -3.98. The third-order valence-corrected chi connectivity index (χ3v) is 3.78. The predicted molar refractivity (Wildman–Crippen MR) is 96.3 cm³/mol. The van der Waals surface area contributed by atoms with Crippen molar-refractivity contribution >= 4 is 35.3 Å². The molecular weight excluding hydrogens is 366 g/mol. The second-order valence-electron chi connectivity index (χ2n) is 5.67. The van der Waals surface area contributed by atoms with Crippen LogP contribution in [0.25, 0.3) is 0 Å². The van der Waals surface area contributed by atoms with Crippen LogP contribution in [0.1, 0.15) is 31.1 Å². The van der Waals surface area contributed by atoms with Crippen LogP contribution in [0.3, 0.4) is 0 Å². The summed E-state index contributed by atoms with van der Waals surface area (Å²) < 4.78 is 0. The van der Waals surface area contributed by atoms with E-state index in [1.54, 1.807) is 12.1 Å². The molecule has 28 heavy (non-hydrogen) atoms. The molecule has 9 heteroatoms. The van der Waals surface area contributed by atoms with Gasteiger partial charge in [0.2, 0.25) is 5.91 Å². The number of amides is 4. The van der Waals surface area contributed by atoms with Crippen LogP contribution in [-0.4, -0.2) is 39.7 Å². The number of aliphatic carboxylic acids is 1. The van der Waals surface area contributed by atoms with E-state index in [9.17, 15) is 24.0 Å². The molecule has 140 valence electrons. The Labute approximate surface area is 158 Å². The number of carboxylic acids is 1. The standard InChI is InChI=1S/C19H13N3O6/c23-15(8-9-16(24)25)20-12-5-3-4-11(10-12)17(26)21-22-18(27)13-6-1-2-7-14(13)19(22)28/h1-10H,(H,20,23)(H,21,26)(H,24,25)/b9-8-. The van der Waals surface area contributed by atoms with E-state index in [-0.39, 0.29) is 22.4 Å². The van der Waals surface area contributed by atoms with Gasteiger partial charge < -0.3 is 10.4 Å². The van der Waals surface area contributed by atoms with Crippen LogP contribution in [0.15, 0.2) is 60.7 Å². The molecule has 3 rings (SSSR count). The molecule has 0 unspecified atom stereocenters. The highest BCUT2D eigenvalue weighted by atomic mass is 16.4. The van der Waals surface area contributed by atoms with E-state index in [0.29, 0.717) is 11.1 Å². The second kappa shape index (κ2) is 7.54. The van der Waals surface area contributed by atoms with Crippen LogP contribution < -0.4 is 10.7 Å². The number of benzene rings is 2. The molecule has 2 aromatic rings. The minimum atomic E-state index is -1.27. The fourth-order valence-corrected chi connectivity index (χ4v) is 2.53. The van der Waals surface area contributed by atoms with Crippen LogP contribution in [0, 0.1) is 0 Å². The van der Waals surface area contributed by atoms with Crippen LogP contribution in [0.4, 0.5) is 5.69 Å². The molecule has 0 fully saturated rings. The van der Waals surface area contributed by atoms with Gasteiger partial charge in [0, 0.05) is 23.4 Å². The first-order chi connectivity index (χ1) is 13.4. The van der Waals surface area contributed by atoms with Gasteiger partial charge in [0.15, 0.2) is 0 Å². The van der Waals surface area contributed by atoms with E-state index in [1.165, 1.54) is 36.4 Å². The quantitative estimate of drug-likeness (QED) is 0.528. The fourth-order valence-electron chi connectivity index (χ4n) is 2.53. The van der Waals surface area contributed by atoms with Crippen molar-refractivity contribution in [1.82, 2.24) is 10.4 Å². The highest BCUT2D eigenvalue weighted by Gasteiger charge is 2.36. The number of imide groups is 1. The number of nitrogens with one attached hydrogen (secondary N) is 2. The lowest BCUT2D eigenvalue weighted by molar-refractivity contribution is -0.131. The van der Waals surface area contributed by atoms with E-state index >= 15 is 0 Å². The molecule has 0 saturated carbocycles. The first-order valence-corrected chi connectivity index (χ1v) is 7.97. The molecule has 0 radical (unpaired) electrons. The molecule has 0 spiro atoms. The van der Waals surface area contributed by atoms with Crippen molar-refractivity contribution in [2.24, 2.45) is 0 Å². The smallest absolute Gasteiger partial charge is 0.328 e. The largest absolute Gasteiger partial charge is 0.478 e. The van der Waals surface area contributed by atoms with Crippen molar-refractivity contribution < 1.29 is 29.1 Å². The Hall–Kier alpha value is -4.27. The molecule has 3 N–H and O–H groups in total. The van der Waals surface area contributed by atoms with Crippen LogP contribution in [0.5, 0.6) is 0 Å². The molecule has 1 aliphatic rings. The summed E-state index contributed by atoms with van der Waals surface area (Å²) >= 11 is 0. The number of rotatable bonds is 5. The minimum absolute atomic E-state index is 0.0802. The Balaban J connectivity index is 1.72. The molecule has 0 saturated heterocycles. The maximum atomic E-state index is 12.4. The van der Waals surface area contributed by atoms with Gasteiger partial charge in [0.05, 0.1) is 11.1 Å². The van der Waals surface area contributed by atoms with Crippen molar-refractivity contribution in [1.29, 1.82) is 0 Å². The molecule has 0 atom stereocenters. The van der Waals surface area contributed by atoms with Crippen molar-refractivity contribution in [3.05, 3.63) is 77.4 Å². The monoisotopic (exact) mass is 379 g/mol. The van der Waals surface area contributed by atoms with Gasteiger partial charge in [-0.25, -0.2) is 4.79 Å². The highest BCUT2D eigenvalue weighted by molar-refractivity contribution is 6.22. The molecular formula is C19H13N3O6. The Morgan fingerprint density at radius 1 is 0.893 bits per heavy atom. The highest BCUT2D eigenvalue weighted by Crippen LogP contribution is 2.21. The summed E-state index contributed by atoms with van der Waals surface area (Å²) in [7, 11) is 0. The van der Waals surface area contributed by atoms with E-state index in [0.717, 1.165) is 6.08 Å². The third kappa shape index (κ3) is 3.78. The summed E-state index contributed by atoms with van der Waals surface area (Å²) in [5.41, 5.74) is 2.95. The Morgan fingerprint density at radius 2 is 1.54 bits per heavy atom. The van der Waals surface area contributed by atoms with Crippen LogP contribution in [0.2, 0.25) is 0 Å². The van der Waals surface area contributed by atoms with Gasteiger partial charge in [-0.15, -0.1) is 0 Å². The lowest BCUT2D eigenvalue weighted by atomic mass is 10.1. The average molecular weight is 379 g/mol. The number of anilines is 1. The van der Waals surface area contributed by atoms with Crippen LogP contribution >= 0.6 is 0 Å². The normalized spacial score (nSPS) is 12.8. The number of hydrogen-bond donors (Lipinski definition) is 3. The van der Waals surface area contributed by atoms with Gasteiger partial charge in [-0.2, -0.15) is 5.01 Å². The number of hydrazine groups is 1. The zero-order valence-electron chi connectivity index (χ0n) is 14.2. The van der Waals surface area contributed by atoms with Gasteiger partial charge >= 0.3 is 5.97 Å². The van der Waals surface area contributed by atoms with Gasteiger partial charge in [0.25, 0.3) is 17.7 Å². The summed E-state index contributed by atoms with van der Waals surface area (Å²) in [6.45, 7) is 0. The van der Waals surface area contributed by atoms with E-state index in [1.807, 2.05) is 0 Å². The third-order valence-electron chi connectivity index (χ3n) is 3.78. The Morgan fingerprint density at radius 3 is 2.14 bits per heavy atom. The van der Waals surface area contributed by atoms with Gasteiger partial charge in [0.1, 0.15) is 0 Å². The predicted octanol–water partition coefficient (Wildman–Crippen LogP) is 1.21. The van der Waals surface area contributed by atoms with E-state index < -0.39 is 29.6 Å². The number of carbonyl (C=O) groups is 5. The van der Waals surface area contributed by atoms with Gasteiger partial charge in [-0.3, -0.25) is 24.6 Å². The minimum Gasteiger partial charge on any atom is -0.478 e. The molecule has 1 aliphatic heterocycles. The molecule has 0 bridgehead atoms. The molecule has 0 aliphatic carbocycles. The summed E-state index contributed by atoms with van der Waals surface area (Å²) in [6, 6.07) is 11.9. The number of carbonyl (C=O) groups excluding carboxylic acids is 4. The lowest BCUT2D eigenvalue weighted by Gasteiger charge is -2.15. The van der Waals surface area contributed by atoms with E-state index in [4.69, 9.17) is 5.11 Å². The average Bonchev–Trinajstić information content (AvgIpc) is 2.92. The van der Waals surface area contributed by atoms with Gasteiger partial charge in [-0.05, 0) is 30.3 Å². The molecule has 1 heterocycles. The first kappa shape index (κ1) is 18.5. The lowest BCUT2D eigenvalue weighted by Crippen LogP contribution is -2.45. The Kier molecular flexibility index (Phi) is 4.99. The molecule has 9 nitrogen and oxygen atoms in total. The second-order valence-corrected chi connectivity index (χ2v) is 5.67. The zero-order valence-corrected chi connectivity index (χ0v) is 14.2. The number of hydrogen-bond acceptors (Lipinski definition) is 5. The van der Waals surface area contributed by atoms with Gasteiger partial charge in [-0.1, -0.05) is 18.2 Å². The fraction of sp³-hybridized carbons (Fsp3) is 0. The number of carboxylic acid groups (broad SMARTS) is 1. The van der Waals surface area contributed by atoms with Crippen molar-refractivity contribution in [2.45, 2.75) is 0 Å². The topological polar surface area (TPSA) is 133 Å². The Bertz CT molecular complexity index is 1010. The summed E-state index contributed by atoms with van der Waals surface area (Å²) in [6.07, 6.45) is 1.50. The maximum absolute atomic E-state index is 12.4. The maximum Gasteiger partial charge on any atom is 0.328 e. The van der Waals surface area contributed by atoms with Crippen molar-refractivity contribution in [3.63, 3.8) is 0 Å². The SMILES string of the molecule is O=C(O)/C=C\C(=O)Nc1cccc(C(=O)NN2C(=O)c3ccccc3C2=O)c1. The number of fused-ring (bicyclic) bond motifs is 1. The van der Waals surface area contributed by atoms with Crippen molar-refractivity contribution in [3.8, 4) is 0 Å². The molecule has 4 amide bonds. The first-order valence-electron chi connectivity index (χ1n) is 7.97. The van der Waals surface area contributed by atoms with Crippen molar-refractivity contribution in [2.75, 3.05) is 5.32 Å². The summed E-state index contributed by atoms with van der Waals surface area (Å²) in [4.78, 5) is 59.1. The summed E-state index contributed by atoms with van der Waals surface area (Å²) in [5, 5.41) is 11.5. The molecule has 2 aromatic carbocycles.